The first-order valence-electron chi connectivity index (χ1n) is 6.81. The monoisotopic (exact) mass is 255 g/mol. The van der Waals surface area contributed by atoms with E-state index in [9.17, 15) is 9.90 Å². The second-order valence-electron chi connectivity index (χ2n) is 6.24. The smallest absolute Gasteiger partial charge is 0.224 e. The lowest BCUT2D eigenvalue weighted by Gasteiger charge is -2.39. The lowest BCUT2D eigenvalue weighted by Crippen LogP contribution is -2.52. The van der Waals surface area contributed by atoms with Gasteiger partial charge in [0.1, 0.15) is 0 Å². The summed E-state index contributed by atoms with van der Waals surface area (Å²) < 4.78 is 0. The molecule has 3 N–H and O–H groups in total. The Morgan fingerprint density at radius 1 is 1.50 bits per heavy atom. The number of hydrogen-bond acceptors (Lipinski definition) is 4. The maximum Gasteiger partial charge on any atom is 0.224 e. The summed E-state index contributed by atoms with van der Waals surface area (Å²) in [4.78, 5) is 16.2. The molecule has 1 saturated carbocycles. The summed E-state index contributed by atoms with van der Waals surface area (Å²) in [5.74, 6) is 0.112. The average molecular weight is 255 g/mol. The normalized spacial score (nSPS) is 30.6. The van der Waals surface area contributed by atoms with Crippen LogP contribution in [0, 0.1) is 0 Å². The number of amides is 1. The molecule has 2 atom stereocenters. The zero-order valence-corrected chi connectivity index (χ0v) is 11.4. The Kier molecular flexibility index (Phi) is 3.94. The minimum atomic E-state index is -0.381. The van der Waals surface area contributed by atoms with E-state index in [1.165, 1.54) is 0 Å². The van der Waals surface area contributed by atoms with Crippen LogP contribution in [-0.4, -0.2) is 65.7 Å². The molecule has 0 aromatic heterocycles. The molecule has 5 nitrogen and oxygen atoms in total. The van der Waals surface area contributed by atoms with Gasteiger partial charge in [-0.2, -0.15) is 0 Å². The number of likely N-dealkylation sites (tertiary alicyclic amines) is 1. The molecule has 1 aliphatic heterocycles. The molecule has 0 spiro atoms. The summed E-state index contributed by atoms with van der Waals surface area (Å²) in [6.45, 7) is 1.27. The fourth-order valence-corrected chi connectivity index (χ4v) is 3.00. The van der Waals surface area contributed by atoms with E-state index in [0.717, 1.165) is 25.8 Å². The maximum atomic E-state index is 12.3. The first-order chi connectivity index (χ1) is 8.39. The highest BCUT2D eigenvalue weighted by Gasteiger charge is 2.40. The quantitative estimate of drug-likeness (QED) is 0.729. The van der Waals surface area contributed by atoms with Crippen LogP contribution in [0.3, 0.4) is 0 Å². The van der Waals surface area contributed by atoms with Gasteiger partial charge in [-0.15, -0.1) is 0 Å². The molecule has 1 aliphatic carbocycles. The first-order valence-corrected chi connectivity index (χ1v) is 6.81. The van der Waals surface area contributed by atoms with E-state index < -0.39 is 0 Å². The maximum absolute atomic E-state index is 12.3. The molecule has 2 rings (SSSR count). The van der Waals surface area contributed by atoms with E-state index in [4.69, 9.17) is 5.73 Å². The first kappa shape index (κ1) is 13.8. The molecule has 2 unspecified atom stereocenters. The van der Waals surface area contributed by atoms with Crippen LogP contribution in [0.1, 0.15) is 32.1 Å². The van der Waals surface area contributed by atoms with Gasteiger partial charge >= 0.3 is 0 Å². The van der Waals surface area contributed by atoms with Crippen LogP contribution in [-0.2, 0) is 4.79 Å². The number of nitrogens with two attached hydrogens (primary N) is 1. The van der Waals surface area contributed by atoms with Crippen molar-refractivity contribution in [2.75, 3.05) is 27.2 Å². The molecule has 1 saturated heterocycles. The van der Waals surface area contributed by atoms with Gasteiger partial charge in [0.15, 0.2) is 0 Å². The number of nitrogens with zero attached hydrogens (tertiary/aromatic N) is 2. The van der Waals surface area contributed by atoms with Crippen LogP contribution in [0.15, 0.2) is 0 Å². The van der Waals surface area contributed by atoms with Crippen molar-refractivity contribution < 1.29 is 9.90 Å². The molecule has 104 valence electrons. The lowest BCUT2D eigenvalue weighted by atomic mass is 9.75. The largest absolute Gasteiger partial charge is 0.391 e. The van der Waals surface area contributed by atoms with E-state index in [1.807, 2.05) is 19.0 Å². The summed E-state index contributed by atoms with van der Waals surface area (Å²) in [5, 5.41) is 9.76. The molecule has 18 heavy (non-hydrogen) atoms. The summed E-state index contributed by atoms with van der Waals surface area (Å²) in [6.07, 6.45) is 3.77. The van der Waals surface area contributed by atoms with Gasteiger partial charge in [-0.05, 0) is 39.8 Å². The number of aliphatic hydroxyl groups excluding tert-OH is 1. The van der Waals surface area contributed by atoms with Crippen LogP contribution in [0.5, 0.6) is 0 Å². The van der Waals surface area contributed by atoms with Crippen molar-refractivity contribution in [2.45, 2.75) is 49.8 Å². The molecular weight excluding hydrogens is 230 g/mol. The number of aliphatic hydroxyl groups is 1. The second-order valence-corrected chi connectivity index (χ2v) is 6.24. The zero-order valence-electron chi connectivity index (χ0n) is 11.4. The van der Waals surface area contributed by atoms with Crippen molar-refractivity contribution in [3.8, 4) is 0 Å². The third kappa shape index (κ3) is 3.02. The van der Waals surface area contributed by atoms with Gasteiger partial charge in [0.05, 0.1) is 6.10 Å². The Labute approximate surface area is 109 Å². The molecular formula is C13H25N3O2. The van der Waals surface area contributed by atoms with Crippen molar-refractivity contribution in [3.63, 3.8) is 0 Å². The molecule has 0 aromatic rings. The Hall–Kier alpha value is -0.650. The highest BCUT2D eigenvalue weighted by Crippen LogP contribution is 2.33. The molecule has 2 fully saturated rings. The van der Waals surface area contributed by atoms with Crippen molar-refractivity contribution in [2.24, 2.45) is 5.73 Å². The summed E-state index contributed by atoms with van der Waals surface area (Å²) in [5.41, 5.74) is 5.86. The Balaban J connectivity index is 1.94. The number of hydrogen-bond donors (Lipinski definition) is 2. The van der Waals surface area contributed by atoms with Gasteiger partial charge in [-0.3, -0.25) is 4.79 Å². The van der Waals surface area contributed by atoms with Crippen LogP contribution in [0.25, 0.3) is 0 Å². The molecule has 0 aromatic carbocycles. The van der Waals surface area contributed by atoms with Gasteiger partial charge < -0.3 is 20.6 Å². The Morgan fingerprint density at radius 3 is 2.67 bits per heavy atom. The number of carbonyl (C=O) groups excluding carboxylic acids is 1. The van der Waals surface area contributed by atoms with Gasteiger partial charge in [0, 0.05) is 31.1 Å². The van der Waals surface area contributed by atoms with Crippen molar-refractivity contribution in [1.82, 2.24) is 9.80 Å². The van der Waals surface area contributed by atoms with Crippen LogP contribution in [0.4, 0.5) is 0 Å². The molecule has 0 radical (unpaired) electrons. The summed E-state index contributed by atoms with van der Waals surface area (Å²) >= 11 is 0. The van der Waals surface area contributed by atoms with E-state index >= 15 is 0 Å². The number of likely N-dealkylation sites (N-methyl/N-ethyl adjacent to an activating group) is 1. The van der Waals surface area contributed by atoms with Gasteiger partial charge in [-0.25, -0.2) is 0 Å². The van der Waals surface area contributed by atoms with E-state index in [2.05, 4.69) is 4.90 Å². The number of rotatable bonds is 4. The van der Waals surface area contributed by atoms with Crippen molar-refractivity contribution in [1.29, 1.82) is 0 Å². The molecule has 0 bridgehead atoms. The summed E-state index contributed by atoms with van der Waals surface area (Å²) in [6, 6.07) is 0.131. The van der Waals surface area contributed by atoms with Crippen LogP contribution < -0.4 is 5.73 Å². The third-order valence-electron chi connectivity index (χ3n) is 4.14. The Bertz CT molecular complexity index is 315. The Morgan fingerprint density at radius 2 is 2.17 bits per heavy atom. The van der Waals surface area contributed by atoms with Crippen molar-refractivity contribution >= 4 is 5.91 Å². The fourth-order valence-electron chi connectivity index (χ4n) is 3.00. The molecule has 5 heteroatoms. The zero-order chi connectivity index (χ0) is 13.3. The van der Waals surface area contributed by atoms with E-state index in [-0.39, 0.29) is 23.6 Å². The van der Waals surface area contributed by atoms with E-state index in [0.29, 0.717) is 19.4 Å². The minimum absolute atomic E-state index is 0.112. The summed E-state index contributed by atoms with van der Waals surface area (Å²) in [7, 11) is 3.98. The van der Waals surface area contributed by atoms with Gasteiger partial charge in [-0.1, -0.05) is 0 Å². The number of carbonyl (C=O) groups is 1. The molecule has 2 aliphatic rings. The third-order valence-corrected chi connectivity index (χ3v) is 4.14. The van der Waals surface area contributed by atoms with Crippen LogP contribution in [0.2, 0.25) is 0 Å². The number of β-amino-alcohol motifs (C(OH)–C–C–N with tert-alkyl or cyclic N) is 1. The highest BCUT2D eigenvalue weighted by atomic mass is 16.3. The van der Waals surface area contributed by atoms with E-state index in [1.54, 1.807) is 0 Å². The average Bonchev–Trinajstić information content (AvgIpc) is 2.56. The van der Waals surface area contributed by atoms with Crippen LogP contribution >= 0.6 is 0 Å². The molecule has 1 heterocycles. The highest BCUT2D eigenvalue weighted by molar-refractivity contribution is 5.78. The SMILES string of the molecule is CN(C)CC1CC(O)CN1C(=O)CC1(N)CCC1. The van der Waals surface area contributed by atoms with Gasteiger partial charge in [0.25, 0.3) is 0 Å². The lowest BCUT2D eigenvalue weighted by molar-refractivity contribution is -0.134. The predicted molar refractivity (Wildman–Crippen MR) is 70.1 cm³/mol. The second kappa shape index (κ2) is 5.15. The van der Waals surface area contributed by atoms with Gasteiger partial charge in [0.2, 0.25) is 5.91 Å². The predicted octanol–water partition coefficient (Wildman–Crippen LogP) is -0.219. The van der Waals surface area contributed by atoms with Crippen molar-refractivity contribution in [3.05, 3.63) is 0 Å². The topological polar surface area (TPSA) is 69.8 Å². The molecule has 1 amide bonds. The standard InChI is InChI=1S/C13H25N3O2/c1-15(2)8-10-6-11(17)9-16(10)12(18)7-13(14)4-3-5-13/h10-11,17H,3-9,14H2,1-2H3. The minimum Gasteiger partial charge on any atom is -0.391 e. The fraction of sp³-hybridized carbons (Fsp3) is 0.923.